The molecule has 1 aliphatic heterocycles. The fourth-order valence-electron chi connectivity index (χ4n) is 2.60. The van der Waals surface area contributed by atoms with Crippen LogP contribution in [0.2, 0.25) is 0 Å². The maximum atomic E-state index is 10.9. The first-order chi connectivity index (χ1) is 10.2. The highest BCUT2D eigenvalue weighted by atomic mass is 16.4. The number of benzene rings is 1. The van der Waals surface area contributed by atoms with Crippen LogP contribution in [0.3, 0.4) is 0 Å². The molecule has 1 unspecified atom stereocenters. The molecule has 108 valence electrons. The second-order valence-electron chi connectivity index (χ2n) is 5.25. The molecule has 2 heterocycles. The van der Waals surface area contributed by atoms with Crippen molar-refractivity contribution in [3.63, 3.8) is 0 Å². The average Bonchev–Trinajstić information content (AvgIpc) is 2.56. The van der Waals surface area contributed by atoms with Crippen LogP contribution in [0.1, 0.15) is 34.8 Å². The number of aromatic carboxylic acids is 1. The summed E-state index contributed by atoms with van der Waals surface area (Å²) in [6.45, 7) is 2.01. The number of carboxylic acid groups (broad SMARTS) is 1. The van der Waals surface area contributed by atoms with Crippen molar-refractivity contribution in [1.29, 1.82) is 0 Å². The standard InChI is InChI=1S/C16H17N3O2/c20-16(21)12-5-3-11(4-6-12)14-9-18-10-15(19-14)13-2-1-7-17-8-13/h3-6,9-10,13,17H,1-2,7-8H2,(H,20,21). The third-order valence-electron chi connectivity index (χ3n) is 3.80. The summed E-state index contributed by atoms with van der Waals surface area (Å²) in [5.74, 6) is -0.515. The lowest BCUT2D eigenvalue weighted by atomic mass is 9.96. The Bertz CT molecular complexity index is 634. The lowest BCUT2D eigenvalue weighted by Gasteiger charge is -2.22. The van der Waals surface area contributed by atoms with Gasteiger partial charge < -0.3 is 10.4 Å². The topological polar surface area (TPSA) is 75.1 Å². The number of aromatic nitrogens is 2. The van der Waals surface area contributed by atoms with E-state index in [-0.39, 0.29) is 5.56 Å². The van der Waals surface area contributed by atoms with E-state index >= 15 is 0 Å². The molecule has 0 amide bonds. The summed E-state index contributed by atoms with van der Waals surface area (Å²) in [5, 5.41) is 12.3. The van der Waals surface area contributed by atoms with Gasteiger partial charge >= 0.3 is 5.97 Å². The molecule has 0 saturated carbocycles. The monoisotopic (exact) mass is 283 g/mol. The van der Waals surface area contributed by atoms with Crippen LogP contribution < -0.4 is 5.32 Å². The van der Waals surface area contributed by atoms with E-state index in [2.05, 4.69) is 10.3 Å². The van der Waals surface area contributed by atoms with Gasteiger partial charge in [0.15, 0.2) is 0 Å². The van der Waals surface area contributed by atoms with Crippen molar-refractivity contribution in [3.8, 4) is 11.3 Å². The largest absolute Gasteiger partial charge is 0.478 e. The molecule has 1 saturated heterocycles. The second kappa shape index (κ2) is 6.01. The molecule has 1 aromatic heterocycles. The van der Waals surface area contributed by atoms with Gasteiger partial charge in [0.2, 0.25) is 0 Å². The molecule has 1 aromatic carbocycles. The lowest BCUT2D eigenvalue weighted by molar-refractivity contribution is 0.0697. The van der Waals surface area contributed by atoms with Crippen LogP contribution in [0.25, 0.3) is 11.3 Å². The molecule has 5 heteroatoms. The van der Waals surface area contributed by atoms with Crippen LogP contribution >= 0.6 is 0 Å². The Kier molecular flexibility index (Phi) is 3.92. The van der Waals surface area contributed by atoms with Gasteiger partial charge in [-0.25, -0.2) is 9.78 Å². The number of hydrogen-bond donors (Lipinski definition) is 2. The summed E-state index contributed by atoms with van der Waals surface area (Å²) in [4.78, 5) is 19.9. The zero-order valence-electron chi connectivity index (χ0n) is 11.6. The Balaban J connectivity index is 1.86. The lowest BCUT2D eigenvalue weighted by Crippen LogP contribution is -2.28. The van der Waals surface area contributed by atoms with Crippen LogP contribution in [0.4, 0.5) is 0 Å². The van der Waals surface area contributed by atoms with E-state index < -0.39 is 5.97 Å². The van der Waals surface area contributed by atoms with E-state index in [1.54, 1.807) is 30.5 Å². The van der Waals surface area contributed by atoms with Crippen molar-refractivity contribution in [2.45, 2.75) is 18.8 Å². The third-order valence-corrected chi connectivity index (χ3v) is 3.80. The number of carboxylic acids is 1. The smallest absolute Gasteiger partial charge is 0.335 e. The van der Waals surface area contributed by atoms with Crippen LogP contribution in [-0.4, -0.2) is 34.1 Å². The molecule has 0 radical (unpaired) electrons. The molecule has 2 aromatic rings. The fourth-order valence-corrected chi connectivity index (χ4v) is 2.60. The highest BCUT2D eigenvalue weighted by Gasteiger charge is 2.17. The zero-order chi connectivity index (χ0) is 14.7. The average molecular weight is 283 g/mol. The van der Waals surface area contributed by atoms with Crippen LogP contribution in [0.5, 0.6) is 0 Å². The summed E-state index contributed by atoms with van der Waals surface area (Å²) in [5.41, 5.74) is 2.95. The van der Waals surface area contributed by atoms with Gasteiger partial charge in [-0.05, 0) is 31.5 Å². The quantitative estimate of drug-likeness (QED) is 0.904. The van der Waals surface area contributed by atoms with E-state index in [1.165, 1.54) is 0 Å². The molecule has 2 N–H and O–H groups in total. The molecular formula is C16H17N3O2. The second-order valence-corrected chi connectivity index (χ2v) is 5.25. The summed E-state index contributed by atoms with van der Waals surface area (Å²) < 4.78 is 0. The molecule has 3 rings (SSSR count). The summed E-state index contributed by atoms with van der Waals surface area (Å²) >= 11 is 0. The Morgan fingerprint density at radius 2 is 2.05 bits per heavy atom. The van der Waals surface area contributed by atoms with E-state index in [0.29, 0.717) is 5.92 Å². The summed E-state index contributed by atoms with van der Waals surface area (Å²) in [7, 11) is 0. The predicted octanol–water partition coefficient (Wildman–Crippen LogP) is 2.31. The molecule has 1 fully saturated rings. The van der Waals surface area contributed by atoms with Gasteiger partial charge in [0, 0.05) is 24.2 Å². The van der Waals surface area contributed by atoms with Gasteiger partial charge in [0.25, 0.3) is 0 Å². The van der Waals surface area contributed by atoms with Gasteiger partial charge in [0.05, 0.1) is 23.1 Å². The number of hydrogen-bond acceptors (Lipinski definition) is 4. The molecule has 0 aliphatic carbocycles. The Morgan fingerprint density at radius 3 is 2.71 bits per heavy atom. The van der Waals surface area contributed by atoms with Crippen molar-refractivity contribution in [1.82, 2.24) is 15.3 Å². The van der Waals surface area contributed by atoms with Crippen LogP contribution in [0, 0.1) is 0 Å². The summed E-state index contributed by atoms with van der Waals surface area (Å²) in [6, 6.07) is 6.73. The molecule has 21 heavy (non-hydrogen) atoms. The van der Waals surface area contributed by atoms with Crippen molar-refractivity contribution in [2.75, 3.05) is 13.1 Å². The fraction of sp³-hybridized carbons (Fsp3) is 0.312. The molecule has 0 bridgehead atoms. The Hall–Kier alpha value is -2.27. The maximum Gasteiger partial charge on any atom is 0.335 e. The molecule has 1 atom stereocenters. The van der Waals surface area contributed by atoms with E-state index in [9.17, 15) is 4.79 Å². The van der Waals surface area contributed by atoms with E-state index in [0.717, 1.165) is 42.9 Å². The first kappa shape index (κ1) is 13.7. The van der Waals surface area contributed by atoms with Crippen molar-refractivity contribution >= 4 is 5.97 Å². The molecule has 5 nitrogen and oxygen atoms in total. The van der Waals surface area contributed by atoms with Crippen molar-refractivity contribution in [3.05, 3.63) is 47.9 Å². The normalized spacial score (nSPS) is 18.4. The van der Waals surface area contributed by atoms with Gasteiger partial charge in [0.1, 0.15) is 0 Å². The third kappa shape index (κ3) is 3.08. The Labute approximate surface area is 123 Å². The highest BCUT2D eigenvalue weighted by Crippen LogP contribution is 2.24. The summed E-state index contributed by atoms with van der Waals surface area (Å²) in [6.07, 6.45) is 5.83. The van der Waals surface area contributed by atoms with E-state index in [4.69, 9.17) is 10.1 Å². The minimum absolute atomic E-state index is 0.277. The van der Waals surface area contributed by atoms with Crippen LogP contribution in [0.15, 0.2) is 36.7 Å². The first-order valence-corrected chi connectivity index (χ1v) is 7.10. The number of carbonyl (C=O) groups is 1. The van der Waals surface area contributed by atoms with Gasteiger partial charge in [-0.15, -0.1) is 0 Å². The Morgan fingerprint density at radius 1 is 1.24 bits per heavy atom. The van der Waals surface area contributed by atoms with E-state index in [1.807, 2.05) is 6.20 Å². The van der Waals surface area contributed by atoms with Crippen molar-refractivity contribution in [2.24, 2.45) is 0 Å². The van der Waals surface area contributed by atoms with Crippen molar-refractivity contribution < 1.29 is 9.90 Å². The molecular weight excluding hydrogens is 266 g/mol. The SMILES string of the molecule is O=C(O)c1ccc(-c2cncc(C3CCCNC3)n2)cc1. The van der Waals surface area contributed by atoms with Crippen LogP contribution in [-0.2, 0) is 0 Å². The number of nitrogens with one attached hydrogen (secondary N) is 1. The maximum absolute atomic E-state index is 10.9. The van der Waals surface area contributed by atoms with Gasteiger partial charge in [-0.2, -0.15) is 0 Å². The number of nitrogens with zero attached hydrogens (tertiary/aromatic N) is 2. The minimum atomic E-state index is -0.922. The zero-order valence-corrected chi connectivity index (χ0v) is 11.6. The van der Waals surface area contributed by atoms with Gasteiger partial charge in [-0.3, -0.25) is 4.98 Å². The molecule has 1 aliphatic rings. The minimum Gasteiger partial charge on any atom is -0.478 e. The highest BCUT2D eigenvalue weighted by molar-refractivity contribution is 5.88. The number of piperidine rings is 1. The van der Waals surface area contributed by atoms with Gasteiger partial charge in [-0.1, -0.05) is 12.1 Å². The number of rotatable bonds is 3. The predicted molar refractivity (Wildman–Crippen MR) is 79.3 cm³/mol. The molecule has 0 spiro atoms. The first-order valence-electron chi connectivity index (χ1n) is 7.10.